The number of pyridine rings is 1. The number of ether oxygens (including phenoxy) is 2. The van der Waals surface area contributed by atoms with E-state index in [0.29, 0.717) is 11.3 Å². The second-order valence-corrected chi connectivity index (χ2v) is 5.57. The predicted molar refractivity (Wildman–Crippen MR) is 98.7 cm³/mol. The van der Waals surface area contributed by atoms with Gasteiger partial charge in [-0.1, -0.05) is 12.1 Å². The van der Waals surface area contributed by atoms with E-state index in [9.17, 15) is 20.0 Å². The van der Waals surface area contributed by atoms with Crippen molar-refractivity contribution in [1.82, 2.24) is 4.57 Å². The molecule has 1 heterocycles. The molecular formula is C19H19N3O5. The summed E-state index contributed by atoms with van der Waals surface area (Å²) in [7, 11) is 2.73. The van der Waals surface area contributed by atoms with Crippen molar-refractivity contribution in [3.05, 3.63) is 56.9 Å². The molecule has 2 aromatic rings. The normalized spacial score (nSPS) is 10.7. The topological polar surface area (TPSA) is 114 Å². The van der Waals surface area contributed by atoms with Crippen molar-refractivity contribution in [3.63, 3.8) is 0 Å². The number of hydrogen-bond donors (Lipinski definition) is 1. The SMILES string of the molecule is COCCn1c(O)c(C=Nc2ccccc2C(=O)OC)c(C)c(C#N)c1=O. The largest absolute Gasteiger partial charge is 0.494 e. The first kappa shape index (κ1) is 19.9. The van der Waals surface area contributed by atoms with Crippen molar-refractivity contribution < 1.29 is 19.4 Å². The minimum Gasteiger partial charge on any atom is -0.494 e. The predicted octanol–water partition coefficient (Wildman–Crippen LogP) is 1.92. The fourth-order valence-corrected chi connectivity index (χ4v) is 2.52. The maximum atomic E-state index is 12.4. The molecule has 0 aliphatic rings. The van der Waals surface area contributed by atoms with Gasteiger partial charge in [0.15, 0.2) is 0 Å². The fraction of sp³-hybridized carbons (Fsp3) is 0.263. The number of esters is 1. The summed E-state index contributed by atoms with van der Waals surface area (Å²) >= 11 is 0. The van der Waals surface area contributed by atoms with Crippen molar-refractivity contribution in [3.8, 4) is 11.9 Å². The molecule has 0 radical (unpaired) electrons. The van der Waals surface area contributed by atoms with E-state index >= 15 is 0 Å². The molecule has 0 fully saturated rings. The van der Waals surface area contributed by atoms with Crippen molar-refractivity contribution in [2.45, 2.75) is 13.5 Å². The summed E-state index contributed by atoms with van der Waals surface area (Å²) in [5.41, 5.74) is 0.399. The Morgan fingerprint density at radius 3 is 2.70 bits per heavy atom. The highest BCUT2D eigenvalue weighted by Crippen LogP contribution is 2.23. The van der Waals surface area contributed by atoms with Gasteiger partial charge in [0.25, 0.3) is 5.56 Å². The number of aromatic hydroxyl groups is 1. The van der Waals surface area contributed by atoms with Crippen molar-refractivity contribution in [2.24, 2.45) is 4.99 Å². The van der Waals surface area contributed by atoms with Gasteiger partial charge in [0.05, 0.1) is 37.1 Å². The number of methoxy groups -OCH3 is 2. The third-order valence-corrected chi connectivity index (χ3v) is 4.01. The Labute approximate surface area is 155 Å². The first-order valence-electron chi connectivity index (χ1n) is 8.03. The van der Waals surface area contributed by atoms with Gasteiger partial charge in [-0.05, 0) is 24.6 Å². The van der Waals surface area contributed by atoms with E-state index < -0.39 is 11.5 Å². The van der Waals surface area contributed by atoms with Crippen LogP contribution in [0.15, 0.2) is 34.1 Å². The van der Waals surface area contributed by atoms with E-state index in [1.165, 1.54) is 20.4 Å². The van der Waals surface area contributed by atoms with E-state index in [-0.39, 0.29) is 35.7 Å². The Kier molecular flexibility index (Phi) is 6.46. The minimum atomic E-state index is -0.600. The van der Waals surface area contributed by atoms with Gasteiger partial charge >= 0.3 is 5.97 Å². The van der Waals surface area contributed by atoms with Crippen LogP contribution in [0, 0.1) is 18.3 Å². The maximum absolute atomic E-state index is 12.4. The summed E-state index contributed by atoms with van der Waals surface area (Å²) in [6.45, 7) is 1.81. The molecule has 2 rings (SSSR count). The molecule has 0 aliphatic heterocycles. The summed E-state index contributed by atoms with van der Waals surface area (Å²) in [5, 5.41) is 19.8. The molecule has 8 nitrogen and oxygen atoms in total. The van der Waals surface area contributed by atoms with Crippen LogP contribution in [0.1, 0.15) is 27.0 Å². The highest BCUT2D eigenvalue weighted by Gasteiger charge is 2.18. The second kappa shape index (κ2) is 8.78. The summed E-state index contributed by atoms with van der Waals surface area (Å²) in [5.74, 6) is -0.876. The van der Waals surface area contributed by atoms with Gasteiger partial charge in [-0.2, -0.15) is 5.26 Å². The van der Waals surface area contributed by atoms with Gasteiger partial charge in [-0.25, -0.2) is 4.79 Å². The number of aromatic nitrogens is 1. The number of carbonyl (C=O) groups excluding carboxylic acids is 1. The standard InChI is InChI=1S/C19H19N3O5/c1-12-14(10-20)17(23)22(8-9-26-2)18(24)15(12)11-21-16-7-5-4-6-13(16)19(25)27-3/h4-7,11,24H,8-9H2,1-3H3. The zero-order valence-electron chi connectivity index (χ0n) is 15.2. The Morgan fingerprint density at radius 2 is 2.07 bits per heavy atom. The number of nitrogens with zero attached hydrogens (tertiary/aromatic N) is 3. The van der Waals surface area contributed by atoms with Crippen LogP contribution >= 0.6 is 0 Å². The van der Waals surface area contributed by atoms with Gasteiger partial charge < -0.3 is 14.6 Å². The lowest BCUT2D eigenvalue weighted by molar-refractivity contribution is 0.0601. The summed E-state index contributed by atoms with van der Waals surface area (Å²) < 4.78 is 10.7. The number of aliphatic imine (C=N–C) groups is 1. The molecule has 1 N–H and O–H groups in total. The van der Waals surface area contributed by atoms with E-state index in [1.54, 1.807) is 31.2 Å². The zero-order chi connectivity index (χ0) is 20.0. The lowest BCUT2D eigenvalue weighted by atomic mass is 10.1. The Morgan fingerprint density at radius 1 is 1.37 bits per heavy atom. The highest BCUT2D eigenvalue weighted by atomic mass is 16.5. The Bertz CT molecular complexity index is 986. The zero-order valence-corrected chi connectivity index (χ0v) is 15.2. The van der Waals surface area contributed by atoms with Crippen molar-refractivity contribution >= 4 is 17.9 Å². The Hall–Kier alpha value is -3.44. The van der Waals surface area contributed by atoms with Crippen LogP contribution in [0.25, 0.3) is 0 Å². The van der Waals surface area contributed by atoms with Crippen LogP contribution in [0.2, 0.25) is 0 Å². The van der Waals surface area contributed by atoms with Crippen LogP contribution in [0.4, 0.5) is 5.69 Å². The smallest absolute Gasteiger partial charge is 0.340 e. The minimum absolute atomic E-state index is 0.0791. The van der Waals surface area contributed by atoms with Gasteiger partial charge in [-0.3, -0.25) is 14.4 Å². The molecular weight excluding hydrogens is 350 g/mol. The van der Waals surface area contributed by atoms with Gasteiger partial charge in [-0.15, -0.1) is 0 Å². The number of para-hydroxylation sites is 1. The quantitative estimate of drug-likeness (QED) is 0.615. The second-order valence-electron chi connectivity index (χ2n) is 5.57. The molecule has 0 spiro atoms. The van der Waals surface area contributed by atoms with Crippen LogP contribution in [0.3, 0.4) is 0 Å². The molecule has 1 aromatic carbocycles. The van der Waals surface area contributed by atoms with Crippen LogP contribution < -0.4 is 5.56 Å². The molecule has 8 heteroatoms. The molecule has 27 heavy (non-hydrogen) atoms. The van der Waals surface area contributed by atoms with E-state index in [2.05, 4.69) is 4.99 Å². The van der Waals surface area contributed by atoms with E-state index in [4.69, 9.17) is 9.47 Å². The number of rotatable bonds is 6. The monoisotopic (exact) mass is 369 g/mol. The summed E-state index contributed by atoms with van der Waals surface area (Å²) in [6, 6.07) is 8.41. The average Bonchev–Trinajstić information content (AvgIpc) is 2.68. The molecule has 0 saturated heterocycles. The number of benzene rings is 1. The first-order chi connectivity index (χ1) is 13.0. The maximum Gasteiger partial charge on any atom is 0.340 e. The number of hydrogen-bond acceptors (Lipinski definition) is 7. The number of nitriles is 1. The summed E-state index contributed by atoms with van der Waals surface area (Å²) in [6.07, 6.45) is 1.32. The molecule has 1 aromatic heterocycles. The van der Waals surface area contributed by atoms with E-state index in [1.807, 2.05) is 6.07 Å². The van der Waals surface area contributed by atoms with Gasteiger partial charge in [0.2, 0.25) is 5.88 Å². The lowest BCUT2D eigenvalue weighted by Gasteiger charge is -2.13. The molecule has 0 unspecified atom stereocenters. The molecule has 0 aliphatic carbocycles. The van der Waals surface area contributed by atoms with Crippen LogP contribution in [-0.2, 0) is 16.0 Å². The van der Waals surface area contributed by atoms with Crippen LogP contribution in [-0.4, -0.2) is 42.7 Å². The average molecular weight is 369 g/mol. The number of carbonyl (C=O) groups is 1. The molecule has 0 bridgehead atoms. The Balaban J connectivity index is 2.60. The van der Waals surface area contributed by atoms with Gasteiger partial charge in [0.1, 0.15) is 11.6 Å². The fourth-order valence-electron chi connectivity index (χ4n) is 2.52. The third-order valence-electron chi connectivity index (χ3n) is 4.01. The molecule has 140 valence electrons. The first-order valence-corrected chi connectivity index (χ1v) is 8.03. The highest BCUT2D eigenvalue weighted by molar-refractivity contribution is 5.96. The molecule has 0 amide bonds. The van der Waals surface area contributed by atoms with Gasteiger partial charge in [0, 0.05) is 13.3 Å². The summed E-state index contributed by atoms with van der Waals surface area (Å²) in [4.78, 5) is 28.5. The van der Waals surface area contributed by atoms with E-state index in [0.717, 1.165) is 4.57 Å². The van der Waals surface area contributed by atoms with Crippen molar-refractivity contribution in [1.29, 1.82) is 5.26 Å². The lowest BCUT2D eigenvalue weighted by Crippen LogP contribution is -2.26. The van der Waals surface area contributed by atoms with Crippen LogP contribution in [0.5, 0.6) is 5.88 Å². The molecule has 0 saturated carbocycles. The van der Waals surface area contributed by atoms with Crippen molar-refractivity contribution in [2.75, 3.05) is 20.8 Å². The molecule has 0 atom stereocenters. The third kappa shape index (κ3) is 4.04.